The Balaban J connectivity index is 3.07. The molecule has 1 aromatic rings. The molecule has 88 valence electrons. The Morgan fingerprint density at radius 1 is 1.24 bits per heavy atom. The molecule has 1 rings (SSSR count). The lowest BCUT2D eigenvalue weighted by molar-refractivity contribution is -0.133. The van der Waals surface area contributed by atoms with Crippen molar-refractivity contribution in [3.05, 3.63) is 35.1 Å². The van der Waals surface area contributed by atoms with Crippen molar-refractivity contribution in [1.29, 1.82) is 0 Å². The van der Waals surface area contributed by atoms with E-state index in [2.05, 4.69) is 21.3 Å². The fourth-order valence-electron chi connectivity index (χ4n) is 1.04. The molecule has 0 bridgehead atoms. The summed E-state index contributed by atoms with van der Waals surface area (Å²) in [7, 11) is 2.34. The highest BCUT2D eigenvalue weighted by Crippen LogP contribution is 2.11. The number of hydrogen-bond acceptors (Lipinski definition) is 4. The first-order valence-electron chi connectivity index (χ1n) is 4.56. The number of methoxy groups -OCH3 is 2. The number of ether oxygens (including phenoxy) is 2. The van der Waals surface area contributed by atoms with Gasteiger partial charge in [0.05, 0.1) is 19.8 Å². The van der Waals surface area contributed by atoms with Gasteiger partial charge in [0.25, 0.3) is 0 Å². The molecular formula is C12H9FO4. The van der Waals surface area contributed by atoms with Crippen LogP contribution in [0.15, 0.2) is 18.2 Å². The number of carbonyl (C=O) groups is 2. The Bertz CT molecular complexity index is 511. The van der Waals surface area contributed by atoms with Crippen LogP contribution >= 0.6 is 0 Å². The van der Waals surface area contributed by atoms with E-state index < -0.39 is 17.8 Å². The van der Waals surface area contributed by atoms with Gasteiger partial charge in [-0.2, -0.15) is 0 Å². The van der Waals surface area contributed by atoms with Gasteiger partial charge in [0.15, 0.2) is 0 Å². The average molecular weight is 236 g/mol. The lowest BCUT2D eigenvalue weighted by Gasteiger charge is -2.01. The molecule has 0 spiro atoms. The van der Waals surface area contributed by atoms with E-state index in [0.717, 1.165) is 13.2 Å². The smallest absolute Gasteiger partial charge is 0.384 e. The predicted octanol–water partition coefficient (Wildman–Crippen LogP) is 1.14. The molecular weight excluding hydrogens is 227 g/mol. The van der Waals surface area contributed by atoms with Crippen LogP contribution in [0.3, 0.4) is 0 Å². The molecule has 4 nitrogen and oxygen atoms in total. The van der Waals surface area contributed by atoms with Crippen molar-refractivity contribution in [3.8, 4) is 11.8 Å². The Morgan fingerprint density at radius 2 is 1.94 bits per heavy atom. The van der Waals surface area contributed by atoms with E-state index in [9.17, 15) is 14.0 Å². The Hall–Kier alpha value is -2.35. The first-order valence-corrected chi connectivity index (χ1v) is 4.56. The number of benzene rings is 1. The summed E-state index contributed by atoms with van der Waals surface area (Å²) in [6, 6.07) is 3.63. The topological polar surface area (TPSA) is 52.6 Å². The van der Waals surface area contributed by atoms with Gasteiger partial charge in [-0.25, -0.2) is 14.0 Å². The van der Waals surface area contributed by atoms with E-state index in [1.54, 1.807) is 0 Å². The number of esters is 2. The summed E-state index contributed by atoms with van der Waals surface area (Å²) in [6.45, 7) is 0. The number of carbonyl (C=O) groups excluding carboxylic acids is 2. The normalized spacial score (nSPS) is 8.88. The molecule has 0 saturated carbocycles. The van der Waals surface area contributed by atoms with E-state index in [4.69, 9.17) is 0 Å². The van der Waals surface area contributed by atoms with E-state index in [1.165, 1.54) is 19.2 Å². The second-order valence-electron chi connectivity index (χ2n) is 2.93. The molecule has 5 heteroatoms. The largest absolute Gasteiger partial charge is 0.465 e. The summed E-state index contributed by atoms with van der Waals surface area (Å²) in [6.07, 6.45) is 0. The predicted molar refractivity (Wildman–Crippen MR) is 56.6 cm³/mol. The van der Waals surface area contributed by atoms with Gasteiger partial charge >= 0.3 is 11.9 Å². The van der Waals surface area contributed by atoms with Crippen molar-refractivity contribution in [1.82, 2.24) is 0 Å². The Kier molecular flexibility index (Phi) is 4.23. The SMILES string of the molecule is COC(=O)C#Cc1ccc(F)c(C(=O)OC)c1. The van der Waals surface area contributed by atoms with Crippen LogP contribution in [0.4, 0.5) is 4.39 Å². The maximum atomic E-state index is 13.2. The van der Waals surface area contributed by atoms with Crippen LogP contribution in [0.25, 0.3) is 0 Å². The third kappa shape index (κ3) is 3.31. The summed E-state index contributed by atoms with van der Waals surface area (Å²) in [5.74, 6) is 2.39. The quantitative estimate of drug-likeness (QED) is 0.542. The number of hydrogen-bond donors (Lipinski definition) is 0. The number of halogens is 1. The minimum atomic E-state index is -0.802. The third-order valence-corrected chi connectivity index (χ3v) is 1.87. The van der Waals surface area contributed by atoms with Crippen LogP contribution in [0, 0.1) is 17.7 Å². The highest BCUT2D eigenvalue weighted by atomic mass is 19.1. The maximum Gasteiger partial charge on any atom is 0.384 e. The zero-order valence-electron chi connectivity index (χ0n) is 9.24. The molecule has 0 aliphatic carbocycles. The summed E-state index contributed by atoms with van der Waals surface area (Å²) in [5.41, 5.74) is 0.0846. The molecule has 0 heterocycles. The van der Waals surface area contributed by atoms with Crippen molar-refractivity contribution in [2.45, 2.75) is 0 Å². The monoisotopic (exact) mass is 236 g/mol. The second-order valence-corrected chi connectivity index (χ2v) is 2.93. The molecule has 17 heavy (non-hydrogen) atoms. The molecule has 0 aliphatic heterocycles. The van der Waals surface area contributed by atoms with E-state index in [1.807, 2.05) is 0 Å². The standard InChI is InChI=1S/C12H9FO4/c1-16-11(14)6-4-8-3-5-10(13)9(7-8)12(15)17-2/h3,5,7H,1-2H3. The van der Waals surface area contributed by atoms with Crippen LogP contribution in [0.1, 0.15) is 15.9 Å². The van der Waals surface area contributed by atoms with Crippen LogP contribution in [0.5, 0.6) is 0 Å². The highest BCUT2D eigenvalue weighted by molar-refractivity contribution is 5.91. The van der Waals surface area contributed by atoms with Gasteiger partial charge in [0.1, 0.15) is 5.82 Å². The minimum Gasteiger partial charge on any atom is -0.465 e. The highest BCUT2D eigenvalue weighted by Gasteiger charge is 2.11. The first-order chi connectivity index (χ1) is 8.08. The maximum absolute atomic E-state index is 13.2. The van der Waals surface area contributed by atoms with E-state index >= 15 is 0 Å². The van der Waals surface area contributed by atoms with E-state index in [-0.39, 0.29) is 5.56 Å². The summed E-state index contributed by atoms with van der Waals surface area (Å²) in [5, 5.41) is 0. The van der Waals surface area contributed by atoms with Gasteiger partial charge < -0.3 is 9.47 Å². The zero-order valence-corrected chi connectivity index (χ0v) is 9.24. The molecule has 1 aromatic carbocycles. The second kappa shape index (κ2) is 5.66. The molecule has 0 N–H and O–H groups in total. The van der Waals surface area contributed by atoms with Gasteiger partial charge in [-0.1, -0.05) is 5.92 Å². The first kappa shape index (κ1) is 12.7. The van der Waals surface area contributed by atoms with Crippen LogP contribution in [0.2, 0.25) is 0 Å². The Labute approximate surface area is 97.3 Å². The minimum absolute atomic E-state index is 0.232. The van der Waals surface area contributed by atoms with Crippen molar-refractivity contribution in [2.75, 3.05) is 14.2 Å². The molecule has 0 atom stereocenters. The molecule has 0 radical (unpaired) electrons. The molecule has 0 unspecified atom stereocenters. The Morgan fingerprint density at radius 3 is 2.53 bits per heavy atom. The van der Waals surface area contributed by atoms with Crippen molar-refractivity contribution >= 4 is 11.9 Å². The van der Waals surface area contributed by atoms with Gasteiger partial charge in [0, 0.05) is 11.5 Å². The molecule has 0 aromatic heterocycles. The van der Waals surface area contributed by atoms with Gasteiger partial charge in [0.2, 0.25) is 0 Å². The molecule has 0 fully saturated rings. The van der Waals surface area contributed by atoms with Gasteiger partial charge in [-0.05, 0) is 18.2 Å². The van der Waals surface area contributed by atoms with Crippen LogP contribution in [-0.2, 0) is 14.3 Å². The number of rotatable bonds is 1. The van der Waals surface area contributed by atoms with Crippen molar-refractivity contribution in [3.63, 3.8) is 0 Å². The lowest BCUT2D eigenvalue weighted by Crippen LogP contribution is -2.04. The van der Waals surface area contributed by atoms with Crippen molar-refractivity contribution in [2.24, 2.45) is 0 Å². The third-order valence-electron chi connectivity index (χ3n) is 1.87. The summed E-state index contributed by atoms with van der Waals surface area (Å²) in [4.78, 5) is 21.9. The van der Waals surface area contributed by atoms with Gasteiger partial charge in [-0.15, -0.1) is 0 Å². The fourth-order valence-corrected chi connectivity index (χ4v) is 1.04. The molecule has 0 saturated heterocycles. The van der Waals surface area contributed by atoms with Crippen molar-refractivity contribution < 1.29 is 23.5 Å². The molecule has 0 amide bonds. The van der Waals surface area contributed by atoms with Crippen LogP contribution < -0.4 is 0 Å². The van der Waals surface area contributed by atoms with Gasteiger partial charge in [-0.3, -0.25) is 0 Å². The lowest BCUT2D eigenvalue weighted by atomic mass is 10.1. The van der Waals surface area contributed by atoms with Crippen LogP contribution in [-0.4, -0.2) is 26.2 Å². The average Bonchev–Trinajstić information content (AvgIpc) is 2.36. The summed E-state index contributed by atoms with van der Waals surface area (Å²) >= 11 is 0. The fraction of sp³-hybridized carbons (Fsp3) is 0.167. The van der Waals surface area contributed by atoms with E-state index in [0.29, 0.717) is 5.56 Å². The zero-order chi connectivity index (χ0) is 12.8. The molecule has 0 aliphatic rings. The summed E-state index contributed by atoms with van der Waals surface area (Å²) < 4.78 is 21.9.